The lowest BCUT2D eigenvalue weighted by Gasteiger charge is -2.44. The number of carbonyl (C=O) groups is 1. The number of hydrogen-bond donors (Lipinski definition) is 2. The zero-order valence-electron chi connectivity index (χ0n) is 12.2. The molecule has 1 heterocycles. The predicted molar refractivity (Wildman–Crippen MR) is 87.2 cm³/mol. The highest BCUT2D eigenvalue weighted by molar-refractivity contribution is 9.10. The van der Waals surface area contributed by atoms with Crippen molar-refractivity contribution in [2.24, 2.45) is 5.73 Å². The summed E-state index contributed by atoms with van der Waals surface area (Å²) < 4.78 is 1.10. The standard InChI is InChI=1S/C16H22BrN3O/c17-14-3-2-13-11-16(15(18)21,5-4-12(13)10-14)20-8-1-6-19-7-9-20/h2-3,10,19H,1,4-9,11H2,(H2,18,21). The number of nitrogens with one attached hydrogen (secondary N) is 1. The van der Waals surface area contributed by atoms with Gasteiger partial charge in [-0.05, 0) is 49.1 Å². The van der Waals surface area contributed by atoms with E-state index >= 15 is 0 Å². The number of amides is 1. The maximum Gasteiger partial charge on any atom is 0.238 e. The molecule has 1 fully saturated rings. The van der Waals surface area contributed by atoms with Crippen molar-refractivity contribution in [2.45, 2.75) is 31.2 Å². The van der Waals surface area contributed by atoms with Gasteiger partial charge in [0.25, 0.3) is 0 Å². The monoisotopic (exact) mass is 351 g/mol. The Morgan fingerprint density at radius 1 is 1.29 bits per heavy atom. The fraction of sp³-hybridized carbons (Fsp3) is 0.562. The molecule has 1 aromatic carbocycles. The third-order valence-electron chi connectivity index (χ3n) is 4.86. The Hall–Kier alpha value is -0.910. The minimum absolute atomic E-state index is 0.169. The van der Waals surface area contributed by atoms with Crippen molar-refractivity contribution >= 4 is 21.8 Å². The second-order valence-electron chi connectivity index (χ2n) is 6.08. The van der Waals surface area contributed by atoms with E-state index in [0.29, 0.717) is 0 Å². The zero-order chi connectivity index (χ0) is 14.9. The molecule has 4 nitrogen and oxygen atoms in total. The van der Waals surface area contributed by atoms with E-state index in [0.717, 1.165) is 56.3 Å². The van der Waals surface area contributed by atoms with Gasteiger partial charge in [-0.1, -0.05) is 22.0 Å². The van der Waals surface area contributed by atoms with Crippen molar-refractivity contribution < 1.29 is 4.79 Å². The highest BCUT2D eigenvalue weighted by Crippen LogP contribution is 2.35. The van der Waals surface area contributed by atoms with Crippen LogP contribution in [-0.4, -0.2) is 42.5 Å². The summed E-state index contributed by atoms with van der Waals surface area (Å²) in [5.74, 6) is -0.169. The molecule has 1 amide bonds. The first-order valence-corrected chi connectivity index (χ1v) is 8.44. The number of fused-ring (bicyclic) bond motifs is 1. The molecule has 5 heteroatoms. The van der Waals surface area contributed by atoms with Crippen LogP contribution in [0.2, 0.25) is 0 Å². The predicted octanol–water partition coefficient (Wildman–Crippen LogP) is 1.46. The number of nitrogens with two attached hydrogens (primary N) is 1. The van der Waals surface area contributed by atoms with Crippen LogP contribution in [-0.2, 0) is 17.6 Å². The van der Waals surface area contributed by atoms with Gasteiger partial charge in [-0.25, -0.2) is 0 Å². The average Bonchev–Trinajstić information content (AvgIpc) is 2.76. The molecule has 0 saturated carbocycles. The van der Waals surface area contributed by atoms with E-state index in [4.69, 9.17) is 5.73 Å². The zero-order valence-corrected chi connectivity index (χ0v) is 13.8. The van der Waals surface area contributed by atoms with Crippen molar-refractivity contribution in [2.75, 3.05) is 26.2 Å². The summed E-state index contributed by atoms with van der Waals surface area (Å²) in [7, 11) is 0. The largest absolute Gasteiger partial charge is 0.368 e. The maximum absolute atomic E-state index is 12.3. The first-order valence-electron chi connectivity index (χ1n) is 7.65. The normalized spacial score (nSPS) is 26.9. The second kappa shape index (κ2) is 6.07. The Labute approximate surface area is 134 Å². The Morgan fingerprint density at radius 3 is 2.95 bits per heavy atom. The molecule has 0 spiro atoms. The van der Waals surface area contributed by atoms with Crippen LogP contribution in [0.25, 0.3) is 0 Å². The molecular formula is C16H22BrN3O. The summed E-state index contributed by atoms with van der Waals surface area (Å²) in [5, 5.41) is 3.40. The van der Waals surface area contributed by atoms with Gasteiger partial charge in [0.15, 0.2) is 0 Å². The summed E-state index contributed by atoms with van der Waals surface area (Å²) in [6, 6.07) is 6.36. The minimum atomic E-state index is -0.507. The molecule has 1 unspecified atom stereocenters. The third kappa shape index (κ3) is 2.87. The lowest BCUT2D eigenvalue weighted by Crippen LogP contribution is -2.61. The van der Waals surface area contributed by atoms with Crippen LogP contribution in [0, 0.1) is 0 Å². The van der Waals surface area contributed by atoms with E-state index in [1.165, 1.54) is 11.1 Å². The lowest BCUT2D eigenvalue weighted by atomic mass is 9.76. The van der Waals surface area contributed by atoms with Gasteiger partial charge in [-0.3, -0.25) is 9.69 Å². The van der Waals surface area contributed by atoms with Crippen molar-refractivity contribution in [1.82, 2.24) is 10.2 Å². The Balaban J connectivity index is 1.92. The lowest BCUT2D eigenvalue weighted by molar-refractivity contribution is -0.131. The van der Waals surface area contributed by atoms with Crippen molar-refractivity contribution in [3.8, 4) is 0 Å². The van der Waals surface area contributed by atoms with E-state index in [1.54, 1.807) is 0 Å². The Morgan fingerprint density at radius 2 is 2.14 bits per heavy atom. The topological polar surface area (TPSA) is 58.4 Å². The summed E-state index contributed by atoms with van der Waals surface area (Å²) in [5.41, 5.74) is 7.96. The van der Waals surface area contributed by atoms with Crippen LogP contribution in [0.15, 0.2) is 22.7 Å². The van der Waals surface area contributed by atoms with Gasteiger partial charge in [0.2, 0.25) is 5.91 Å². The summed E-state index contributed by atoms with van der Waals surface area (Å²) in [6.45, 7) is 3.80. The van der Waals surface area contributed by atoms with E-state index in [1.807, 2.05) is 0 Å². The maximum atomic E-state index is 12.3. The fourth-order valence-electron chi connectivity index (χ4n) is 3.65. The second-order valence-corrected chi connectivity index (χ2v) is 6.99. The number of primary amides is 1. The van der Waals surface area contributed by atoms with Crippen molar-refractivity contribution in [1.29, 1.82) is 0 Å². The molecule has 21 heavy (non-hydrogen) atoms. The molecule has 0 radical (unpaired) electrons. The van der Waals surface area contributed by atoms with Gasteiger partial charge in [-0.2, -0.15) is 0 Å². The van der Waals surface area contributed by atoms with E-state index in [-0.39, 0.29) is 5.91 Å². The highest BCUT2D eigenvalue weighted by Gasteiger charge is 2.44. The molecule has 0 aromatic heterocycles. The Bertz CT molecular complexity index is 540. The first kappa shape index (κ1) is 15.0. The number of benzene rings is 1. The van der Waals surface area contributed by atoms with E-state index < -0.39 is 5.54 Å². The molecule has 3 N–H and O–H groups in total. The Kier molecular flexibility index (Phi) is 4.33. The highest BCUT2D eigenvalue weighted by atomic mass is 79.9. The van der Waals surface area contributed by atoms with E-state index in [2.05, 4.69) is 44.3 Å². The third-order valence-corrected chi connectivity index (χ3v) is 5.36. The number of nitrogens with zero attached hydrogens (tertiary/aromatic N) is 1. The van der Waals surface area contributed by atoms with Crippen LogP contribution in [0.3, 0.4) is 0 Å². The number of hydrogen-bond acceptors (Lipinski definition) is 3. The minimum Gasteiger partial charge on any atom is -0.368 e. The van der Waals surface area contributed by atoms with Crippen LogP contribution < -0.4 is 11.1 Å². The average molecular weight is 352 g/mol. The smallest absolute Gasteiger partial charge is 0.238 e. The molecule has 2 aliphatic rings. The molecule has 3 rings (SSSR count). The number of aryl methyl sites for hydroxylation is 1. The van der Waals surface area contributed by atoms with Gasteiger partial charge in [0.1, 0.15) is 5.54 Å². The molecule has 0 bridgehead atoms. The van der Waals surface area contributed by atoms with Gasteiger partial charge in [0.05, 0.1) is 0 Å². The molecule has 1 atom stereocenters. The van der Waals surface area contributed by atoms with Gasteiger partial charge >= 0.3 is 0 Å². The molecule has 114 valence electrons. The molecule has 1 aliphatic carbocycles. The van der Waals surface area contributed by atoms with Crippen molar-refractivity contribution in [3.05, 3.63) is 33.8 Å². The number of halogens is 1. The van der Waals surface area contributed by atoms with Crippen LogP contribution >= 0.6 is 15.9 Å². The van der Waals surface area contributed by atoms with Crippen LogP contribution in [0.1, 0.15) is 24.0 Å². The number of rotatable bonds is 2. The summed E-state index contributed by atoms with van der Waals surface area (Å²) in [4.78, 5) is 14.6. The van der Waals surface area contributed by atoms with Crippen LogP contribution in [0.4, 0.5) is 0 Å². The van der Waals surface area contributed by atoms with Gasteiger partial charge in [0, 0.05) is 30.5 Å². The summed E-state index contributed by atoms with van der Waals surface area (Å²) >= 11 is 3.52. The number of carbonyl (C=O) groups excluding carboxylic acids is 1. The van der Waals surface area contributed by atoms with Gasteiger partial charge < -0.3 is 11.1 Å². The van der Waals surface area contributed by atoms with Crippen LogP contribution in [0.5, 0.6) is 0 Å². The molecule has 1 saturated heterocycles. The first-order chi connectivity index (χ1) is 10.1. The van der Waals surface area contributed by atoms with Gasteiger partial charge in [-0.15, -0.1) is 0 Å². The van der Waals surface area contributed by atoms with E-state index in [9.17, 15) is 4.79 Å². The van der Waals surface area contributed by atoms with Crippen molar-refractivity contribution in [3.63, 3.8) is 0 Å². The summed E-state index contributed by atoms with van der Waals surface area (Å²) in [6.07, 6.45) is 3.56. The molecule has 1 aromatic rings. The molecule has 1 aliphatic heterocycles. The molecular weight excluding hydrogens is 330 g/mol. The SMILES string of the molecule is NC(=O)C1(N2CCCNCC2)CCc2cc(Br)ccc2C1. The quantitative estimate of drug-likeness (QED) is 0.847. The fourth-order valence-corrected chi connectivity index (χ4v) is 4.06.